The number of hydrogen-bond acceptors (Lipinski definition) is 5. The summed E-state index contributed by atoms with van der Waals surface area (Å²) in [5.74, 6) is 2.69. The third-order valence-corrected chi connectivity index (χ3v) is 4.98. The number of likely N-dealkylation sites (tertiary alicyclic amines) is 1. The van der Waals surface area contributed by atoms with Crippen molar-refractivity contribution in [1.82, 2.24) is 14.9 Å². The zero-order valence-electron chi connectivity index (χ0n) is 13.6. The lowest BCUT2D eigenvalue weighted by Crippen LogP contribution is -2.37. The molecule has 122 valence electrons. The zero-order chi connectivity index (χ0) is 15.4. The van der Waals surface area contributed by atoms with Crippen molar-refractivity contribution in [2.75, 3.05) is 38.1 Å². The molecular weight excluding hydrogens is 276 g/mol. The molecule has 2 N–H and O–H groups in total. The highest BCUT2D eigenvalue weighted by Crippen LogP contribution is 2.26. The molecule has 1 aromatic rings. The van der Waals surface area contributed by atoms with E-state index in [2.05, 4.69) is 20.2 Å². The van der Waals surface area contributed by atoms with Gasteiger partial charge in [0.15, 0.2) is 0 Å². The maximum absolute atomic E-state index is 9.01. The van der Waals surface area contributed by atoms with Gasteiger partial charge in [0.1, 0.15) is 11.6 Å². The molecule has 0 bridgehead atoms. The highest BCUT2D eigenvalue weighted by atomic mass is 16.3. The summed E-state index contributed by atoms with van der Waals surface area (Å²) in [6.07, 6.45) is 7.15. The molecule has 3 rings (SSSR count). The number of hydrogen-bond donors (Lipinski definition) is 2. The minimum Gasteiger partial charge on any atom is -0.395 e. The molecule has 1 aromatic heterocycles. The number of aromatic nitrogens is 2. The summed E-state index contributed by atoms with van der Waals surface area (Å²) in [6.45, 7) is 6.30. The fourth-order valence-electron chi connectivity index (χ4n) is 3.66. The van der Waals surface area contributed by atoms with Gasteiger partial charge in [-0.15, -0.1) is 0 Å². The standard InChI is InChI=1S/C17H28N4O/c1-13-19-16-5-3-2-4-15(16)17(20-13)18-12-14-6-8-21(9-7-14)10-11-22/h14,22H,2-12H2,1H3,(H,18,19,20). The van der Waals surface area contributed by atoms with E-state index in [4.69, 9.17) is 5.11 Å². The first kappa shape index (κ1) is 15.7. The van der Waals surface area contributed by atoms with Crippen LogP contribution < -0.4 is 5.32 Å². The Labute approximate surface area is 133 Å². The first-order chi connectivity index (χ1) is 10.8. The van der Waals surface area contributed by atoms with Gasteiger partial charge in [0.2, 0.25) is 0 Å². The Kier molecular flexibility index (Phi) is 5.26. The predicted octanol–water partition coefficient (Wildman–Crippen LogP) is 1.78. The van der Waals surface area contributed by atoms with Crippen molar-refractivity contribution in [1.29, 1.82) is 0 Å². The SMILES string of the molecule is Cc1nc2c(c(NCC3CCN(CCO)CC3)n1)CCCC2. The third-order valence-electron chi connectivity index (χ3n) is 4.98. The van der Waals surface area contributed by atoms with Gasteiger partial charge >= 0.3 is 0 Å². The Bertz CT molecular complexity index is 498. The van der Waals surface area contributed by atoms with E-state index in [-0.39, 0.29) is 6.61 Å². The molecule has 2 heterocycles. The Hall–Kier alpha value is -1.20. The molecule has 1 fully saturated rings. The highest BCUT2D eigenvalue weighted by Gasteiger charge is 2.21. The van der Waals surface area contributed by atoms with Crippen LogP contribution in [0.2, 0.25) is 0 Å². The van der Waals surface area contributed by atoms with Gasteiger partial charge in [0, 0.05) is 24.3 Å². The minimum absolute atomic E-state index is 0.273. The zero-order valence-corrected chi connectivity index (χ0v) is 13.6. The maximum Gasteiger partial charge on any atom is 0.133 e. The monoisotopic (exact) mass is 304 g/mol. The van der Waals surface area contributed by atoms with E-state index in [1.165, 1.54) is 36.9 Å². The molecule has 1 aliphatic heterocycles. The van der Waals surface area contributed by atoms with E-state index in [0.717, 1.165) is 50.7 Å². The molecule has 0 amide bonds. The molecule has 0 spiro atoms. The van der Waals surface area contributed by atoms with Crippen LogP contribution in [0.15, 0.2) is 0 Å². The van der Waals surface area contributed by atoms with Crippen LogP contribution in [-0.4, -0.2) is 52.8 Å². The van der Waals surface area contributed by atoms with Gasteiger partial charge in [-0.3, -0.25) is 0 Å². The highest BCUT2D eigenvalue weighted by molar-refractivity contribution is 5.47. The van der Waals surface area contributed by atoms with Crippen LogP contribution in [0, 0.1) is 12.8 Å². The van der Waals surface area contributed by atoms with Gasteiger partial charge in [-0.05, 0) is 64.5 Å². The summed E-state index contributed by atoms with van der Waals surface area (Å²) in [4.78, 5) is 11.6. The average Bonchev–Trinajstić information content (AvgIpc) is 2.54. The lowest BCUT2D eigenvalue weighted by molar-refractivity contribution is 0.151. The van der Waals surface area contributed by atoms with E-state index in [1.807, 2.05) is 6.92 Å². The van der Waals surface area contributed by atoms with Crippen molar-refractivity contribution >= 4 is 5.82 Å². The van der Waals surface area contributed by atoms with Gasteiger partial charge in [-0.1, -0.05) is 0 Å². The second-order valence-corrected chi connectivity index (χ2v) is 6.64. The van der Waals surface area contributed by atoms with Crippen LogP contribution in [0.25, 0.3) is 0 Å². The molecular formula is C17H28N4O. The number of anilines is 1. The second kappa shape index (κ2) is 7.38. The van der Waals surface area contributed by atoms with Crippen LogP contribution in [-0.2, 0) is 12.8 Å². The summed E-state index contributed by atoms with van der Waals surface area (Å²) in [7, 11) is 0. The molecule has 0 radical (unpaired) electrons. The van der Waals surface area contributed by atoms with Gasteiger partial charge in [-0.25, -0.2) is 9.97 Å². The molecule has 5 heteroatoms. The molecule has 0 saturated carbocycles. The molecule has 0 atom stereocenters. The first-order valence-electron chi connectivity index (χ1n) is 8.69. The lowest BCUT2D eigenvalue weighted by atomic mass is 9.95. The number of fused-ring (bicyclic) bond motifs is 1. The largest absolute Gasteiger partial charge is 0.395 e. The Balaban J connectivity index is 1.57. The van der Waals surface area contributed by atoms with Gasteiger partial charge < -0.3 is 15.3 Å². The van der Waals surface area contributed by atoms with Crippen LogP contribution >= 0.6 is 0 Å². The smallest absolute Gasteiger partial charge is 0.133 e. The molecule has 2 aliphatic rings. The quantitative estimate of drug-likeness (QED) is 0.868. The molecule has 5 nitrogen and oxygen atoms in total. The number of aliphatic hydroxyl groups excluding tert-OH is 1. The van der Waals surface area contributed by atoms with Crippen molar-refractivity contribution in [3.05, 3.63) is 17.1 Å². The summed E-state index contributed by atoms with van der Waals surface area (Å²) >= 11 is 0. The normalized spacial score (nSPS) is 19.9. The molecule has 0 aromatic carbocycles. The van der Waals surface area contributed by atoms with Crippen molar-refractivity contribution in [2.45, 2.75) is 45.4 Å². The number of β-amino-alcohol motifs (C(OH)–C–C–N with tert-alkyl or cyclic N) is 1. The van der Waals surface area contributed by atoms with Crippen molar-refractivity contribution in [3.8, 4) is 0 Å². The van der Waals surface area contributed by atoms with Crippen molar-refractivity contribution < 1.29 is 5.11 Å². The number of aryl methyl sites for hydroxylation is 2. The van der Waals surface area contributed by atoms with Crippen molar-refractivity contribution in [3.63, 3.8) is 0 Å². The topological polar surface area (TPSA) is 61.3 Å². The fourth-order valence-corrected chi connectivity index (χ4v) is 3.66. The van der Waals surface area contributed by atoms with E-state index in [0.29, 0.717) is 5.92 Å². The number of nitrogens with zero attached hydrogens (tertiary/aromatic N) is 3. The Morgan fingerprint density at radius 2 is 1.95 bits per heavy atom. The van der Waals surface area contributed by atoms with Crippen LogP contribution in [0.4, 0.5) is 5.82 Å². The van der Waals surface area contributed by atoms with Crippen LogP contribution in [0.5, 0.6) is 0 Å². The number of nitrogens with one attached hydrogen (secondary N) is 1. The Morgan fingerprint density at radius 1 is 1.18 bits per heavy atom. The number of piperidine rings is 1. The fraction of sp³-hybridized carbons (Fsp3) is 0.765. The summed E-state index contributed by atoms with van der Waals surface area (Å²) in [6, 6.07) is 0. The molecule has 1 aliphatic carbocycles. The van der Waals surface area contributed by atoms with Gasteiger partial charge in [0.05, 0.1) is 6.61 Å². The second-order valence-electron chi connectivity index (χ2n) is 6.64. The van der Waals surface area contributed by atoms with E-state index in [1.54, 1.807) is 0 Å². The molecule has 22 heavy (non-hydrogen) atoms. The van der Waals surface area contributed by atoms with Crippen molar-refractivity contribution in [2.24, 2.45) is 5.92 Å². The number of rotatable bonds is 5. The third kappa shape index (κ3) is 3.76. The summed E-state index contributed by atoms with van der Waals surface area (Å²) < 4.78 is 0. The summed E-state index contributed by atoms with van der Waals surface area (Å²) in [5, 5.41) is 12.6. The predicted molar refractivity (Wildman–Crippen MR) is 88.2 cm³/mol. The Morgan fingerprint density at radius 3 is 2.73 bits per heavy atom. The summed E-state index contributed by atoms with van der Waals surface area (Å²) in [5.41, 5.74) is 2.62. The first-order valence-corrected chi connectivity index (χ1v) is 8.69. The minimum atomic E-state index is 0.273. The maximum atomic E-state index is 9.01. The lowest BCUT2D eigenvalue weighted by Gasteiger charge is -2.31. The average molecular weight is 304 g/mol. The van der Waals surface area contributed by atoms with E-state index < -0.39 is 0 Å². The molecule has 1 saturated heterocycles. The molecule has 0 unspecified atom stereocenters. The van der Waals surface area contributed by atoms with Crippen LogP contribution in [0.3, 0.4) is 0 Å². The number of aliphatic hydroxyl groups is 1. The van der Waals surface area contributed by atoms with Gasteiger partial charge in [0.25, 0.3) is 0 Å². The van der Waals surface area contributed by atoms with Crippen LogP contribution in [0.1, 0.15) is 42.8 Å². The van der Waals surface area contributed by atoms with E-state index >= 15 is 0 Å². The van der Waals surface area contributed by atoms with E-state index in [9.17, 15) is 0 Å². The van der Waals surface area contributed by atoms with Gasteiger partial charge in [-0.2, -0.15) is 0 Å².